The van der Waals surface area contributed by atoms with Crippen LogP contribution in [0.25, 0.3) is 0 Å². The Hall–Kier alpha value is -2.60. The van der Waals surface area contributed by atoms with Gasteiger partial charge >= 0.3 is 10.1 Å². The van der Waals surface area contributed by atoms with Crippen LogP contribution in [0, 0.1) is 0 Å². The van der Waals surface area contributed by atoms with E-state index in [0.717, 1.165) is 5.56 Å². The third-order valence-corrected chi connectivity index (χ3v) is 4.77. The molecule has 132 valence electrons. The van der Waals surface area contributed by atoms with Crippen molar-refractivity contribution in [3.8, 4) is 5.75 Å². The van der Waals surface area contributed by atoms with Gasteiger partial charge in [0.05, 0.1) is 0 Å². The molecule has 0 aliphatic rings. The van der Waals surface area contributed by atoms with Crippen LogP contribution in [-0.4, -0.2) is 20.9 Å². The molecule has 0 saturated carbocycles. The van der Waals surface area contributed by atoms with E-state index < -0.39 is 10.1 Å². The molecule has 0 aliphatic carbocycles. The lowest BCUT2D eigenvalue weighted by atomic mass is 10.0. The summed E-state index contributed by atoms with van der Waals surface area (Å²) >= 11 is 0. The first-order valence-electron chi connectivity index (χ1n) is 7.87. The van der Waals surface area contributed by atoms with Crippen LogP contribution in [-0.2, 0) is 10.1 Å². The Kier molecular flexibility index (Phi) is 5.98. The zero-order valence-electron chi connectivity index (χ0n) is 14.2. The Morgan fingerprint density at radius 3 is 2.60 bits per heavy atom. The van der Waals surface area contributed by atoms with E-state index in [9.17, 15) is 13.2 Å². The molecule has 0 spiro atoms. The van der Waals surface area contributed by atoms with E-state index in [1.807, 2.05) is 19.9 Å². The van der Waals surface area contributed by atoms with Crippen molar-refractivity contribution >= 4 is 16.0 Å². The van der Waals surface area contributed by atoms with E-state index in [1.165, 1.54) is 24.3 Å². The summed E-state index contributed by atoms with van der Waals surface area (Å²) < 4.78 is 30.2. The summed E-state index contributed by atoms with van der Waals surface area (Å²) in [6.45, 7) is 7.84. The average Bonchev–Trinajstić information content (AvgIpc) is 2.59. The number of benzene rings is 2. The molecule has 1 amide bonds. The topological polar surface area (TPSA) is 72.5 Å². The zero-order chi connectivity index (χ0) is 18.4. The fourth-order valence-corrected chi connectivity index (χ4v) is 3.13. The zero-order valence-corrected chi connectivity index (χ0v) is 15.0. The predicted octanol–water partition coefficient (Wildman–Crippen LogP) is 3.49. The van der Waals surface area contributed by atoms with Gasteiger partial charge in [0.1, 0.15) is 10.6 Å². The molecule has 0 saturated heterocycles. The highest BCUT2D eigenvalue weighted by Gasteiger charge is 2.19. The van der Waals surface area contributed by atoms with Gasteiger partial charge in [-0.2, -0.15) is 8.42 Å². The van der Waals surface area contributed by atoms with Crippen molar-refractivity contribution in [1.29, 1.82) is 0 Å². The molecule has 6 heteroatoms. The molecule has 0 aromatic heterocycles. The third-order valence-electron chi connectivity index (χ3n) is 3.52. The summed E-state index contributed by atoms with van der Waals surface area (Å²) in [4.78, 5) is 11.9. The van der Waals surface area contributed by atoms with Gasteiger partial charge in [-0.15, -0.1) is 6.58 Å². The molecule has 2 aromatic rings. The van der Waals surface area contributed by atoms with E-state index in [2.05, 4.69) is 11.9 Å². The van der Waals surface area contributed by atoms with Gasteiger partial charge in [0.15, 0.2) is 0 Å². The molecule has 2 aromatic carbocycles. The number of nitrogens with one attached hydrogen (secondary N) is 1. The normalized spacial score (nSPS) is 11.2. The molecule has 0 fully saturated rings. The van der Waals surface area contributed by atoms with Crippen LogP contribution in [0.3, 0.4) is 0 Å². The Morgan fingerprint density at radius 1 is 1.20 bits per heavy atom. The van der Waals surface area contributed by atoms with Gasteiger partial charge in [-0.25, -0.2) is 0 Å². The van der Waals surface area contributed by atoms with Crippen LogP contribution in [0.15, 0.2) is 66.1 Å². The minimum Gasteiger partial charge on any atom is -0.379 e. The van der Waals surface area contributed by atoms with E-state index in [1.54, 1.807) is 24.3 Å². The highest BCUT2D eigenvalue weighted by atomic mass is 32.2. The van der Waals surface area contributed by atoms with Crippen LogP contribution >= 0.6 is 0 Å². The highest BCUT2D eigenvalue weighted by molar-refractivity contribution is 7.87. The lowest BCUT2D eigenvalue weighted by Crippen LogP contribution is -2.23. The first kappa shape index (κ1) is 18.7. The molecule has 0 aliphatic heterocycles. The summed E-state index contributed by atoms with van der Waals surface area (Å²) in [5.74, 6) is 0.120. The number of rotatable bonds is 7. The van der Waals surface area contributed by atoms with E-state index in [-0.39, 0.29) is 28.0 Å². The molecule has 25 heavy (non-hydrogen) atoms. The molecule has 5 nitrogen and oxygen atoms in total. The molecule has 0 unspecified atom stereocenters. The first-order chi connectivity index (χ1) is 11.8. The molecule has 2 rings (SSSR count). The van der Waals surface area contributed by atoms with E-state index >= 15 is 0 Å². The number of carbonyl (C=O) groups excluding carboxylic acids is 1. The third kappa shape index (κ3) is 4.93. The van der Waals surface area contributed by atoms with Crippen molar-refractivity contribution in [3.05, 3.63) is 72.3 Å². The van der Waals surface area contributed by atoms with Gasteiger partial charge < -0.3 is 9.50 Å². The van der Waals surface area contributed by atoms with Crippen molar-refractivity contribution < 1.29 is 17.4 Å². The lowest BCUT2D eigenvalue weighted by molar-refractivity contribution is 0.0958. The Bertz CT molecular complexity index is 872. The number of carbonyl (C=O) groups is 1. The summed E-state index contributed by atoms with van der Waals surface area (Å²) in [6, 6.07) is 12.7. The van der Waals surface area contributed by atoms with Crippen molar-refractivity contribution in [1.82, 2.24) is 5.32 Å². The fourth-order valence-electron chi connectivity index (χ4n) is 2.16. The van der Waals surface area contributed by atoms with Crippen molar-refractivity contribution in [2.45, 2.75) is 24.7 Å². The maximum atomic E-state index is 12.5. The largest absolute Gasteiger partial charge is 0.379 e. The summed E-state index contributed by atoms with van der Waals surface area (Å²) in [6.07, 6.45) is 1.54. The molecule has 0 heterocycles. The Labute approximate surface area is 148 Å². The molecule has 0 bridgehead atoms. The van der Waals surface area contributed by atoms with E-state index in [0.29, 0.717) is 6.54 Å². The van der Waals surface area contributed by atoms with Crippen LogP contribution in [0.4, 0.5) is 0 Å². The maximum Gasteiger partial charge on any atom is 0.339 e. The summed E-state index contributed by atoms with van der Waals surface area (Å²) in [5.41, 5.74) is 1.22. The fraction of sp³-hybridized carbons (Fsp3) is 0.211. The minimum atomic E-state index is -4.03. The van der Waals surface area contributed by atoms with Gasteiger partial charge in [0, 0.05) is 12.1 Å². The van der Waals surface area contributed by atoms with Crippen molar-refractivity contribution in [2.24, 2.45) is 0 Å². The van der Waals surface area contributed by atoms with Crippen LogP contribution in [0.2, 0.25) is 0 Å². The molecular weight excluding hydrogens is 338 g/mol. The molecular formula is C19H21NO4S. The second kappa shape index (κ2) is 7.98. The summed E-state index contributed by atoms with van der Waals surface area (Å²) in [5, 5.41) is 2.60. The monoisotopic (exact) mass is 359 g/mol. The molecule has 0 atom stereocenters. The minimum absolute atomic E-state index is 0.0753. The number of amides is 1. The SMILES string of the molecule is C=CCNC(=O)c1cccc(S(=O)(=O)Oc2cccc(C(C)C)c2)c1. The quantitative estimate of drug-likeness (QED) is 0.607. The van der Waals surface area contributed by atoms with Crippen LogP contribution in [0.5, 0.6) is 5.75 Å². The maximum absolute atomic E-state index is 12.5. The van der Waals surface area contributed by atoms with Crippen LogP contribution < -0.4 is 9.50 Å². The standard InChI is InChI=1S/C19H21NO4S/c1-4-11-20-19(21)16-8-6-10-18(13-16)25(22,23)24-17-9-5-7-15(12-17)14(2)3/h4-10,12-14H,1,11H2,2-3H3,(H,20,21). The van der Waals surface area contributed by atoms with Crippen molar-refractivity contribution in [3.63, 3.8) is 0 Å². The Morgan fingerprint density at radius 2 is 1.92 bits per heavy atom. The van der Waals surface area contributed by atoms with Gasteiger partial charge in [0.25, 0.3) is 5.91 Å². The number of hydrogen-bond acceptors (Lipinski definition) is 4. The lowest BCUT2D eigenvalue weighted by Gasteiger charge is -2.11. The highest BCUT2D eigenvalue weighted by Crippen LogP contribution is 2.23. The second-order valence-corrected chi connectivity index (χ2v) is 7.34. The molecule has 1 N–H and O–H groups in total. The Balaban J connectivity index is 2.26. The van der Waals surface area contributed by atoms with Gasteiger partial charge in [-0.3, -0.25) is 4.79 Å². The van der Waals surface area contributed by atoms with Crippen LogP contribution in [0.1, 0.15) is 35.7 Å². The number of hydrogen-bond donors (Lipinski definition) is 1. The van der Waals surface area contributed by atoms with Gasteiger partial charge in [-0.05, 0) is 41.8 Å². The average molecular weight is 359 g/mol. The van der Waals surface area contributed by atoms with Gasteiger partial charge in [-0.1, -0.05) is 38.1 Å². The predicted molar refractivity (Wildman–Crippen MR) is 97.3 cm³/mol. The van der Waals surface area contributed by atoms with Gasteiger partial charge in [0.2, 0.25) is 0 Å². The second-order valence-electron chi connectivity index (χ2n) is 5.79. The summed E-state index contributed by atoms with van der Waals surface area (Å²) in [7, 11) is -4.03. The first-order valence-corrected chi connectivity index (χ1v) is 9.28. The smallest absolute Gasteiger partial charge is 0.339 e. The molecule has 0 radical (unpaired) electrons. The van der Waals surface area contributed by atoms with Crippen molar-refractivity contribution in [2.75, 3.05) is 6.54 Å². The van der Waals surface area contributed by atoms with E-state index in [4.69, 9.17) is 4.18 Å².